The smallest absolute Gasteiger partial charge is 0.271 e. The van der Waals surface area contributed by atoms with Gasteiger partial charge in [-0.15, -0.1) is 11.3 Å². The lowest BCUT2D eigenvalue weighted by atomic mass is 10.2. The van der Waals surface area contributed by atoms with Gasteiger partial charge in [-0.2, -0.15) is 0 Å². The van der Waals surface area contributed by atoms with Crippen LogP contribution in [0.3, 0.4) is 0 Å². The van der Waals surface area contributed by atoms with Crippen LogP contribution in [0.25, 0.3) is 6.08 Å². The first kappa shape index (κ1) is 14.0. The Labute approximate surface area is 119 Å². The Hall–Kier alpha value is -2.47. The maximum atomic E-state index is 11.7. The van der Waals surface area contributed by atoms with E-state index >= 15 is 0 Å². The number of non-ortho nitro benzene ring substituents is 1. The number of benzene rings is 1. The molecule has 1 aromatic carbocycles. The first-order chi connectivity index (χ1) is 9.56. The zero-order valence-corrected chi connectivity index (χ0v) is 11.5. The van der Waals surface area contributed by atoms with Crippen LogP contribution in [0.5, 0.6) is 0 Å². The van der Waals surface area contributed by atoms with Crippen molar-refractivity contribution in [3.8, 4) is 0 Å². The van der Waals surface area contributed by atoms with Crippen molar-refractivity contribution in [2.75, 3.05) is 5.32 Å². The molecule has 1 amide bonds. The van der Waals surface area contributed by atoms with Crippen LogP contribution in [-0.2, 0) is 4.79 Å². The molecule has 0 saturated carbocycles. The van der Waals surface area contributed by atoms with Crippen LogP contribution in [0.2, 0.25) is 0 Å². The first-order valence-electron chi connectivity index (χ1n) is 5.84. The molecule has 1 heterocycles. The van der Waals surface area contributed by atoms with Gasteiger partial charge in [-0.1, -0.05) is 6.07 Å². The fraction of sp³-hybridized carbons (Fsp3) is 0.0714. The lowest BCUT2D eigenvalue weighted by Crippen LogP contribution is -2.07. The average molecular weight is 288 g/mol. The molecular formula is C14H12N2O3S. The van der Waals surface area contributed by atoms with E-state index in [1.807, 2.05) is 18.4 Å². The van der Waals surface area contributed by atoms with E-state index in [1.165, 1.54) is 24.3 Å². The van der Waals surface area contributed by atoms with Gasteiger partial charge in [0.2, 0.25) is 5.91 Å². The number of hydrogen-bond donors (Lipinski definition) is 1. The summed E-state index contributed by atoms with van der Waals surface area (Å²) in [7, 11) is 0. The van der Waals surface area contributed by atoms with Crippen molar-refractivity contribution in [2.24, 2.45) is 0 Å². The number of carbonyl (C=O) groups excluding carboxylic acids is 1. The molecule has 0 atom stereocenters. The summed E-state index contributed by atoms with van der Waals surface area (Å²) >= 11 is 1.55. The topological polar surface area (TPSA) is 72.2 Å². The summed E-state index contributed by atoms with van der Waals surface area (Å²) in [4.78, 5) is 22.9. The molecule has 0 radical (unpaired) electrons. The molecule has 5 nitrogen and oxygen atoms in total. The summed E-state index contributed by atoms with van der Waals surface area (Å²) in [6.45, 7) is 1.97. The van der Waals surface area contributed by atoms with Crippen LogP contribution in [0.1, 0.15) is 10.4 Å². The monoisotopic (exact) mass is 288 g/mol. The third kappa shape index (κ3) is 3.52. The molecule has 102 valence electrons. The maximum absolute atomic E-state index is 11.7. The molecule has 0 aliphatic carbocycles. The van der Waals surface area contributed by atoms with Gasteiger partial charge in [0.05, 0.1) is 4.92 Å². The van der Waals surface area contributed by atoms with Gasteiger partial charge in [-0.3, -0.25) is 14.9 Å². The molecule has 1 N–H and O–H groups in total. The number of aryl methyl sites for hydroxylation is 1. The summed E-state index contributed by atoms with van der Waals surface area (Å²) in [5, 5.41) is 15.2. The van der Waals surface area contributed by atoms with Crippen LogP contribution < -0.4 is 5.32 Å². The van der Waals surface area contributed by atoms with Gasteiger partial charge >= 0.3 is 0 Å². The van der Waals surface area contributed by atoms with Crippen molar-refractivity contribution in [1.82, 2.24) is 0 Å². The Morgan fingerprint density at radius 3 is 2.85 bits per heavy atom. The van der Waals surface area contributed by atoms with Gasteiger partial charge in [0.25, 0.3) is 5.69 Å². The molecule has 0 aliphatic rings. The zero-order chi connectivity index (χ0) is 14.5. The highest BCUT2D eigenvalue weighted by Crippen LogP contribution is 2.18. The molecule has 6 heteroatoms. The number of anilines is 1. The highest BCUT2D eigenvalue weighted by molar-refractivity contribution is 7.11. The molecule has 0 fully saturated rings. The molecule has 2 aromatic rings. The second kappa shape index (κ2) is 6.12. The van der Waals surface area contributed by atoms with Crippen molar-refractivity contribution < 1.29 is 9.72 Å². The summed E-state index contributed by atoms with van der Waals surface area (Å²) in [5.74, 6) is -0.321. The summed E-state index contributed by atoms with van der Waals surface area (Å²) in [5.41, 5.74) is 1.45. The van der Waals surface area contributed by atoms with Crippen molar-refractivity contribution in [3.63, 3.8) is 0 Å². The number of nitrogens with one attached hydrogen (secondary N) is 1. The largest absolute Gasteiger partial charge is 0.322 e. The SMILES string of the molecule is Cc1ccsc1/C=C/C(=O)Nc1cccc([N+](=O)[O-])c1. The molecule has 0 saturated heterocycles. The molecule has 0 bridgehead atoms. The maximum Gasteiger partial charge on any atom is 0.271 e. The van der Waals surface area contributed by atoms with Crippen LogP contribution in [-0.4, -0.2) is 10.8 Å². The number of rotatable bonds is 4. The van der Waals surface area contributed by atoms with Crippen molar-refractivity contribution >= 4 is 34.7 Å². The van der Waals surface area contributed by atoms with E-state index in [0.717, 1.165) is 10.4 Å². The van der Waals surface area contributed by atoms with E-state index in [9.17, 15) is 14.9 Å². The van der Waals surface area contributed by atoms with Crippen LogP contribution >= 0.6 is 11.3 Å². The molecular weight excluding hydrogens is 276 g/mol. The Morgan fingerprint density at radius 1 is 1.40 bits per heavy atom. The fourth-order valence-corrected chi connectivity index (χ4v) is 2.41. The number of nitro benzene ring substituents is 1. The molecule has 0 unspecified atom stereocenters. The molecule has 2 rings (SSSR count). The van der Waals surface area contributed by atoms with E-state index in [4.69, 9.17) is 0 Å². The van der Waals surface area contributed by atoms with Gasteiger partial charge in [-0.25, -0.2) is 0 Å². The van der Waals surface area contributed by atoms with Crippen LogP contribution in [0.4, 0.5) is 11.4 Å². The first-order valence-corrected chi connectivity index (χ1v) is 6.72. The summed E-state index contributed by atoms with van der Waals surface area (Å²) < 4.78 is 0. The molecule has 20 heavy (non-hydrogen) atoms. The van der Waals surface area contributed by atoms with Crippen LogP contribution in [0, 0.1) is 17.0 Å². The normalized spacial score (nSPS) is 10.7. The van der Waals surface area contributed by atoms with Gasteiger partial charge in [-0.05, 0) is 36.1 Å². The van der Waals surface area contributed by atoms with E-state index in [1.54, 1.807) is 23.5 Å². The molecule has 0 aliphatic heterocycles. The van der Waals surface area contributed by atoms with Crippen molar-refractivity contribution in [3.05, 3.63) is 62.3 Å². The Balaban J connectivity index is 2.05. The lowest BCUT2D eigenvalue weighted by molar-refractivity contribution is -0.384. The third-order valence-electron chi connectivity index (χ3n) is 2.61. The van der Waals surface area contributed by atoms with E-state index in [2.05, 4.69) is 5.32 Å². The van der Waals surface area contributed by atoms with Crippen molar-refractivity contribution in [1.29, 1.82) is 0 Å². The van der Waals surface area contributed by atoms with E-state index in [0.29, 0.717) is 5.69 Å². The number of hydrogen-bond acceptors (Lipinski definition) is 4. The minimum absolute atomic E-state index is 0.0547. The Kier molecular flexibility index (Phi) is 4.27. The predicted molar refractivity (Wildman–Crippen MR) is 79.8 cm³/mol. The number of amides is 1. The Bertz CT molecular complexity index is 677. The highest BCUT2D eigenvalue weighted by atomic mass is 32.1. The lowest BCUT2D eigenvalue weighted by Gasteiger charge is -2.01. The number of carbonyl (C=O) groups is 1. The van der Waals surface area contributed by atoms with Gasteiger partial charge in [0.15, 0.2) is 0 Å². The predicted octanol–water partition coefficient (Wildman–Crippen LogP) is 3.62. The minimum Gasteiger partial charge on any atom is -0.322 e. The molecule has 1 aromatic heterocycles. The highest BCUT2D eigenvalue weighted by Gasteiger charge is 2.06. The van der Waals surface area contributed by atoms with Gasteiger partial charge in [0, 0.05) is 28.8 Å². The zero-order valence-electron chi connectivity index (χ0n) is 10.7. The summed E-state index contributed by atoms with van der Waals surface area (Å²) in [6.07, 6.45) is 3.14. The number of thiophene rings is 1. The third-order valence-corrected chi connectivity index (χ3v) is 3.60. The van der Waals surface area contributed by atoms with Gasteiger partial charge in [0.1, 0.15) is 0 Å². The number of nitro groups is 1. The standard InChI is InChI=1S/C14H12N2O3S/c1-10-7-8-20-13(10)5-6-14(17)15-11-3-2-4-12(9-11)16(18)19/h2-9H,1H3,(H,15,17)/b6-5+. The van der Waals surface area contributed by atoms with E-state index < -0.39 is 4.92 Å². The second-order valence-electron chi connectivity index (χ2n) is 4.10. The average Bonchev–Trinajstić information content (AvgIpc) is 2.82. The quantitative estimate of drug-likeness (QED) is 0.530. The Morgan fingerprint density at radius 2 is 2.20 bits per heavy atom. The van der Waals surface area contributed by atoms with E-state index in [-0.39, 0.29) is 11.6 Å². The number of nitrogens with zero attached hydrogens (tertiary/aromatic N) is 1. The minimum atomic E-state index is -0.499. The molecule has 0 spiro atoms. The summed E-state index contributed by atoms with van der Waals surface area (Å²) in [6, 6.07) is 7.81. The fourth-order valence-electron chi connectivity index (χ4n) is 1.59. The second-order valence-corrected chi connectivity index (χ2v) is 5.05. The van der Waals surface area contributed by atoms with Crippen LogP contribution in [0.15, 0.2) is 41.8 Å². The van der Waals surface area contributed by atoms with Gasteiger partial charge < -0.3 is 5.32 Å². The van der Waals surface area contributed by atoms with Crippen molar-refractivity contribution in [2.45, 2.75) is 6.92 Å².